The zero-order chi connectivity index (χ0) is 14.2. The quantitative estimate of drug-likeness (QED) is 0.720. The summed E-state index contributed by atoms with van der Waals surface area (Å²) in [5.74, 6) is 0.992. The maximum absolute atomic E-state index is 6.72. The Balaban J connectivity index is 1.57. The van der Waals surface area contributed by atoms with Crippen molar-refractivity contribution in [2.75, 3.05) is 0 Å². The average Bonchev–Trinajstić information content (AvgIpc) is 2.97. The maximum Gasteiger partial charge on any atom is 0.123 e. The van der Waals surface area contributed by atoms with Crippen molar-refractivity contribution in [1.82, 2.24) is 0 Å². The number of halogens is 1. The van der Waals surface area contributed by atoms with E-state index in [1.165, 1.54) is 47.9 Å². The molecule has 0 amide bonds. The molecular formula is C19H19ClO. The summed E-state index contributed by atoms with van der Waals surface area (Å²) in [6.07, 6.45) is 5.98. The van der Waals surface area contributed by atoms with Gasteiger partial charge in [-0.1, -0.05) is 36.4 Å². The molecule has 0 saturated carbocycles. The monoisotopic (exact) mass is 298 g/mol. The third-order valence-corrected chi connectivity index (χ3v) is 5.22. The van der Waals surface area contributed by atoms with E-state index in [2.05, 4.69) is 30.3 Å². The fraction of sp³-hybridized carbons (Fsp3) is 0.368. The molecule has 1 nitrogen and oxygen atoms in total. The van der Waals surface area contributed by atoms with Crippen LogP contribution >= 0.6 is 11.6 Å². The average molecular weight is 299 g/mol. The number of alkyl halides is 1. The molecule has 0 aromatic heterocycles. The minimum atomic E-state index is -0.0790. The molecule has 0 saturated heterocycles. The summed E-state index contributed by atoms with van der Waals surface area (Å²) in [5.41, 5.74) is 5.46. The molecule has 0 N–H and O–H groups in total. The molecule has 2 aromatic carbocycles. The van der Waals surface area contributed by atoms with Crippen LogP contribution in [0.15, 0.2) is 42.5 Å². The van der Waals surface area contributed by atoms with Gasteiger partial charge in [-0.05, 0) is 54.0 Å². The van der Waals surface area contributed by atoms with Gasteiger partial charge in [0.1, 0.15) is 11.9 Å². The third kappa shape index (κ3) is 2.44. The van der Waals surface area contributed by atoms with Crippen LogP contribution in [0.4, 0.5) is 0 Å². The zero-order valence-corrected chi connectivity index (χ0v) is 12.8. The Bertz CT molecular complexity index is 639. The molecule has 0 spiro atoms. The number of aryl methyl sites for hydroxylation is 2. The molecule has 21 heavy (non-hydrogen) atoms. The number of ether oxygens (including phenoxy) is 1. The van der Waals surface area contributed by atoms with Gasteiger partial charge in [-0.25, -0.2) is 0 Å². The van der Waals surface area contributed by atoms with Crippen LogP contribution < -0.4 is 4.74 Å². The van der Waals surface area contributed by atoms with Gasteiger partial charge in [-0.15, -0.1) is 11.6 Å². The van der Waals surface area contributed by atoms with Crippen molar-refractivity contribution in [2.45, 2.75) is 43.6 Å². The van der Waals surface area contributed by atoms with Gasteiger partial charge in [-0.3, -0.25) is 0 Å². The van der Waals surface area contributed by atoms with Gasteiger partial charge in [0.05, 0.1) is 5.38 Å². The van der Waals surface area contributed by atoms with Crippen molar-refractivity contribution in [3.8, 4) is 5.75 Å². The van der Waals surface area contributed by atoms with E-state index in [1.54, 1.807) is 0 Å². The molecule has 0 bridgehead atoms. The van der Waals surface area contributed by atoms with Crippen LogP contribution in [0.2, 0.25) is 0 Å². The number of rotatable bonds is 2. The molecule has 2 atom stereocenters. The van der Waals surface area contributed by atoms with Crippen LogP contribution in [0.3, 0.4) is 0 Å². The molecule has 2 heteroatoms. The van der Waals surface area contributed by atoms with E-state index in [0.29, 0.717) is 0 Å². The van der Waals surface area contributed by atoms with Crippen molar-refractivity contribution in [2.24, 2.45) is 0 Å². The van der Waals surface area contributed by atoms with Gasteiger partial charge in [0.15, 0.2) is 0 Å². The van der Waals surface area contributed by atoms with E-state index in [1.807, 2.05) is 12.1 Å². The fourth-order valence-electron chi connectivity index (χ4n) is 3.51. The van der Waals surface area contributed by atoms with Gasteiger partial charge < -0.3 is 4.74 Å². The lowest BCUT2D eigenvalue weighted by Crippen LogP contribution is -2.20. The first-order valence-electron chi connectivity index (χ1n) is 7.81. The van der Waals surface area contributed by atoms with Crippen molar-refractivity contribution in [1.29, 1.82) is 0 Å². The summed E-state index contributed by atoms with van der Waals surface area (Å²) in [4.78, 5) is 0. The number of benzene rings is 2. The predicted molar refractivity (Wildman–Crippen MR) is 86.2 cm³/mol. The molecule has 2 aromatic rings. The van der Waals surface area contributed by atoms with Crippen LogP contribution in [0, 0.1) is 0 Å². The molecule has 1 aliphatic carbocycles. The molecule has 0 fully saturated rings. The molecule has 108 valence electrons. The Morgan fingerprint density at radius 1 is 0.952 bits per heavy atom. The molecule has 2 unspecified atom stereocenters. The van der Waals surface area contributed by atoms with E-state index in [-0.39, 0.29) is 11.5 Å². The summed E-state index contributed by atoms with van der Waals surface area (Å²) >= 11 is 6.72. The zero-order valence-electron chi connectivity index (χ0n) is 12.0. The highest BCUT2D eigenvalue weighted by atomic mass is 35.5. The van der Waals surface area contributed by atoms with Gasteiger partial charge in [0.2, 0.25) is 0 Å². The summed E-state index contributed by atoms with van der Waals surface area (Å²) in [6.45, 7) is 0. The number of hydrogen-bond donors (Lipinski definition) is 0. The Morgan fingerprint density at radius 3 is 2.62 bits per heavy atom. The Morgan fingerprint density at radius 2 is 1.76 bits per heavy atom. The lowest BCUT2D eigenvalue weighted by Gasteiger charge is -2.21. The molecule has 1 heterocycles. The first-order valence-corrected chi connectivity index (χ1v) is 8.25. The van der Waals surface area contributed by atoms with E-state index in [9.17, 15) is 0 Å². The van der Waals surface area contributed by atoms with Crippen molar-refractivity contribution < 1.29 is 4.74 Å². The highest BCUT2D eigenvalue weighted by Gasteiger charge is 2.30. The van der Waals surface area contributed by atoms with Crippen LogP contribution in [-0.4, -0.2) is 6.10 Å². The molecule has 4 rings (SSSR count). The Labute approximate surface area is 130 Å². The Hall–Kier alpha value is -1.47. The van der Waals surface area contributed by atoms with E-state index in [0.717, 1.165) is 12.2 Å². The largest absolute Gasteiger partial charge is 0.488 e. The summed E-state index contributed by atoms with van der Waals surface area (Å²) < 4.78 is 6.04. The van der Waals surface area contributed by atoms with Gasteiger partial charge in [0.25, 0.3) is 0 Å². The smallest absolute Gasteiger partial charge is 0.123 e. The fourth-order valence-corrected chi connectivity index (χ4v) is 3.79. The molecular weight excluding hydrogens is 280 g/mol. The minimum absolute atomic E-state index is 0.0470. The molecule has 1 aliphatic heterocycles. The van der Waals surface area contributed by atoms with E-state index in [4.69, 9.17) is 16.3 Å². The number of fused-ring (bicyclic) bond motifs is 2. The van der Waals surface area contributed by atoms with Gasteiger partial charge >= 0.3 is 0 Å². The maximum atomic E-state index is 6.72. The molecule has 2 aliphatic rings. The van der Waals surface area contributed by atoms with Crippen LogP contribution in [0.5, 0.6) is 5.75 Å². The van der Waals surface area contributed by atoms with Crippen LogP contribution in [0.25, 0.3) is 0 Å². The van der Waals surface area contributed by atoms with Crippen molar-refractivity contribution in [3.05, 3.63) is 64.7 Å². The highest BCUT2D eigenvalue weighted by Crippen LogP contribution is 2.38. The minimum Gasteiger partial charge on any atom is -0.488 e. The Kier molecular flexibility index (Phi) is 3.39. The molecule has 0 radical (unpaired) electrons. The van der Waals surface area contributed by atoms with Gasteiger partial charge in [-0.2, -0.15) is 0 Å². The number of para-hydroxylation sites is 1. The third-order valence-electron chi connectivity index (χ3n) is 4.69. The van der Waals surface area contributed by atoms with Crippen molar-refractivity contribution in [3.63, 3.8) is 0 Å². The van der Waals surface area contributed by atoms with Crippen molar-refractivity contribution >= 4 is 11.6 Å². The van der Waals surface area contributed by atoms with E-state index >= 15 is 0 Å². The standard InChI is InChI=1S/C19H19ClO/c20-19(18-12-15-7-3-4-8-17(15)21-18)16-10-9-13-5-1-2-6-14(13)11-16/h3-4,7-11,18-19H,1-2,5-6,12H2. The summed E-state index contributed by atoms with van der Waals surface area (Å²) in [6, 6.07) is 15.0. The van der Waals surface area contributed by atoms with Crippen LogP contribution in [-0.2, 0) is 19.3 Å². The highest BCUT2D eigenvalue weighted by molar-refractivity contribution is 6.21. The predicted octanol–water partition coefficient (Wildman–Crippen LogP) is 4.85. The summed E-state index contributed by atoms with van der Waals surface area (Å²) in [5, 5.41) is -0.0790. The second-order valence-corrected chi connectivity index (χ2v) is 6.58. The summed E-state index contributed by atoms with van der Waals surface area (Å²) in [7, 11) is 0. The number of hydrogen-bond acceptors (Lipinski definition) is 1. The SMILES string of the molecule is ClC(c1ccc2c(c1)CCCC2)C1Cc2ccccc2O1. The second kappa shape index (κ2) is 5.38. The topological polar surface area (TPSA) is 9.23 Å². The lowest BCUT2D eigenvalue weighted by molar-refractivity contribution is 0.227. The van der Waals surface area contributed by atoms with Gasteiger partial charge in [0, 0.05) is 6.42 Å². The first kappa shape index (κ1) is 13.2. The lowest BCUT2D eigenvalue weighted by atomic mass is 9.89. The van der Waals surface area contributed by atoms with E-state index < -0.39 is 0 Å². The normalized spacial score (nSPS) is 21.3. The first-order chi connectivity index (χ1) is 10.3. The van der Waals surface area contributed by atoms with Crippen LogP contribution in [0.1, 0.15) is 40.5 Å². The second-order valence-electron chi connectivity index (χ2n) is 6.11.